The second-order valence-electron chi connectivity index (χ2n) is 4.83. The van der Waals surface area contributed by atoms with Gasteiger partial charge in [0.25, 0.3) is 0 Å². The quantitative estimate of drug-likeness (QED) is 0.766. The molecule has 1 heterocycles. The normalized spacial score (nSPS) is 12.6. The van der Waals surface area contributed by atoms with E-state index in [1.165, 1.54) is 6.07 Å². The lowest BCUT2D eigenvalue weighted by Gasteiger charge is -2.14. The first-order valence-corrected chi connectivity index (χ1v) is 6.44. The van der Waals surface area contributed by atoms with Gasteiger partial charge in [0.1, 0.15) is 11.9 Å². The standard InChI is InChI=1S/C17H14FNO/c1-11-7-8-13(10-15(11)18)17(20)14-6-2-4-12-5-3-9-19-16(12)14/h2-10,17,20H,1H3. The van der Waals surface area contributed by atoms with Gasteiger partial charge < -0.3 is 5.11 Å². The lowest BCUT2D eigenvalue weighted by molar-refractivity contribution is 0.221. The van der Waals surface area contributed by atoms with Crippen LogP contribution in [0.4, 0.5) is 4.39 Å². The molecule has 3 aromatic rings. The van der Waals surface area contributed by atoms with Crippen molar-refractivity contribution in [3.63, 3.8) is 0 Å². The molecule has 1 aromatic heterocycles. The Morgan fingerprint density at radius 3 is 2.70 bits per heavy atom. The van der Waals surface area contributed by atoms with Crippen LogP contribution < -0.4 is 0 Å². The van der Waals surface area contributed by atoms with Crippen LogP contribution in [0.25, 0.3) is 10.9 Å². The van der Waals surface area contributed by atoms with Crippen molar-refractivity contribution in [2.45, 2.75) is 13.0 Å². The summed E-state index contributed by atoms with van der Waals surface area (Å²) in [5, 5.41) is 11.5. The zero-order valence-corrected chi connectivity index (χ0v) is 11.0. The Labute approximate surface area is 116 Å². The highest BCUT2D eigenvalue weighted by molar-refractivity contribution is 5.82. The molecule has 0 saturated heterocycles. The van der Waals surface area contributed by atoms with Crippen LogP contribution in [0.3, 0.4) is 0 Å². The molecule has 3 rings (SSSR count). The molecule has 0 bridgehead atoms. The third-order valence-corrected chi connectivity index (χ3v) is 3.47. The van der Waals surface area contributed by atoms with E-state index < -0.39 is 6.10 Å². The molecule has 100 valence electrons. The zero-order valence-electron chi connectivity index (χ0n) is 11.0. The predicted molar refractivity (Wildman–Crippen MR) is 76.9 cm³/mol. The van der Waals surface area contributed by atoms with Gasteiger partial charge >= 0.3 is 0 Å². The van der Waals surface area contributed by atoms with Gasteiger partial charge in [0.2, 0.25) is 0 Å². The van der Waals surface area contributed by atoms with E-state index in [1.54, 1.807) is 25.3 Å². The Morgan fingerprint density at radius 1 is 1.10 bits per heavy atom. The lowest BCUT2D eigenvalue weighted by Crippen LogP contribution is -2.02. The summed E-state index contributed by atoms with van der Waals surface area (Å²) < 4.78 is 13.6. The van der Waals surface area contributed by atoms with Crippen molar-refractivity contribution in [2.75, 3.05) is 0 Å². The maximum absolute atomic E-state index is 13.6. The number of aryl methyl sites for hydroxylation is 1. The third-order valence-electron chi connectivity index (χ3n) is 3.47. The van der Waals surface area contributed by atoms with Crippen LogP contribution in [-0.4, -0.2) is 10.1 Å². The SMILES string of the molecule is Cc1ccc(C(O)c2cccc3cccnc23)cc1F. The summed E-state index contributed by atoms with van der Waals surface area (Å²) in [4.78, 5) is 4.31. The van der Waals surface area contributed by atoms with Crippen molar-refractivity contribution in [3.8, 4) is 0 Å². The van der Waals surface area contributed by atoms with Crippen LogP contribution in [0, 0.1) is 12.7 Å². The van der Waals surface area contributed by atoms with E-state index in [0.29, 0.717) is 16.7 Å². The number of aliphatic hydroxyl groups excluding tert-OH is 1. The second-order valence-corrected chi connectivity index (χ2v) is 4.83. The molecular formula is C17H14FNO. The molecule has 1 unspecified atom stereocenters. The molecule has 0 amide bonds. The van der Waals surface area contributed by atoms with Crippen LogP contribution in [0.5, 0.6) is 0 Å². The number of hydrogen-bond donors (Lipinski definition) is 1. The van der Waals surface area contributed by atoms with E-state index in [4.69, 9.17) is 0 Å². The number of benzene rings is 2. The summed E-state index contributed by atoms with van der Waals surface area (Å²) >= 11 is 0. The van der Waals surface area contributed by atoms with E-state index in [2.05, 4.69) is 4.98 Å². The van der Waals surface area contributed by atoms with Gasteiger partial charge in [-0.1, -0.05) is 36.4 Å². The summed E-state index contributed by atoms with van der Waals surface area (Å²) in [6, 6.07) is 14.2. The first-order valence-electron chi connectivity index (χ1n) is 6.44. The fraction of sp³-hybridized carbons (Fsp3) is 0.118. The maximum Gasteiger partial charge on any atom is 0.126 e. The number of fused-ring (bicyclic) bond motifs is 1. The first kappa shape index (κ1) is 12.8. The Balaban J connectivity index is 2.12. The summed E-state index contributed by atoms with van der Waals surface area (Å²) in [5.74, 6) is -0.310. The number of hydrogen-bond acceptors (Lipinski definition) is 2. The molecule has 0 saturated carbocycles. The van der Waals surface area contributed by atoms with Crippen LogP contribution in [0.2, 0.25) is 0 Å². The van der Waals surface area contributed by atoms with E-state index in [0.717, 1.165) is 10.9 Å². The molecule has 1 atom stereocenters. The van der Waals surface area contributed by atoms with E-state index in [-0.39, 0.29) is 5.82 Å². The molecule has 20 heavy (non-hydrogen) atoms. The molecule has 2 nitrogen and oxygen atoms in total. The number of aromatic nitrogens is 1. The van der Waals surface area contributed by atoms with Crippen LogP contribution in [0.15, 0.2) is 54.7 Å². The topological polar surface area (TPSA) is 33.1 Å². The monoisotopic (exact) mass is 267 g/mol. The van der Waals surface area contributed by atoms with Gasteiger partial charge in [-0.3, -0.25) is 4.98 Å². The molecular weight excluding hydrogens is 253 g/mol. The molecule has 0 spiro atoms. The molecule has 0 fully saturated rings. The first-order chi connectivity index (χ1) is 9.66. The predicted octanol–water partition coefficient (Wildman–Crippen LogP) is 3.76. The maximum atomic E-state index is 13.6. The summed E-state index contributed by atoms with van der Waals surface area (Å²) in [6.07, 6.45) is 0.803. The Hall–Kier alpha value is -2.26. The smallest absolute Gasteiger partial charge is 0.126 e. The Kier molecular flexibility index (Phi) is 3.20. The number of aliphatic hydroxyl groups is 1. The van der Waals surface area contributed by atoms with Crippen molar-refractivity contribution >= 4 is 10.9 Å². The summed E-state index contributed by atoms with van der Waals surface area (Å²) in [6.45, 7) is 1.70. The van der Waals surface area contributed by atoms with E-state index >= 15 is 0 Å². The van der Waals surface area contributed by atoms with E-state index in [1.807, 2.05) is 30.3 Å². The molecule has 0 aliphatic carbocycles. The van der Waals surface area contributed by atoms with Gasteiger partial charge in [0.15, 0.2) is 0 Å². The summed E-state index contributed by atoms with van der Waals surface area (Å²) in [7, 11) is 0. The molecule has 2 aromatic carbocycles. The molecule has 0 aliphatic heterocycles. The lowest BCUT2D eigenvalue weighted by atomic mass is 9.98. The van der Waals surface area contributed by atoms with Crippen molar-refractivity contribution in [2.24, 2.45) is 0 Å². The largest absolute Gasteiger partial charge is 0.384 e. The number of para-hydroxylation sites is 1. The minimum atomic E-state index is -0.885. The number of halogens is 1. The van der Waals surface area contributed by atoms with Gasteiger partial charge in [0, 0.05) is 17.1 Å². The highest BCUT2D eigenvalue weighted by Gasteiger charge is 2.15. The van der Waals surface area contributed by atoms with Crippen LogP contribution >= 0.6 is 0 Å². The average molecular weight is 267 g/mol. The number of rotatable bonds is 2. The molecule has 0 aliphatic rings. The number of nitrogens with zero attached hydrogens (tertiary/aromatic N) is 1. The van der Waals surface area contributed by atoms with Crippen LogP contribution in [-0.2, 0) is 0 Å². The number of pyridine rings is 1. The molecule has 0 radical (unpaired) electrons. The average Bonchev–Trinajstić information content (AvgIpc) is 2.49. The molecule has 3 heteroatoms. The Bertz CT molecular complexity index is 765. The fourth-order valence-electron chi connectivity index (χ4n) is 2.31. The Morgan fingerprint density at radius 2 is 1.90 bits per heavy atom. The van der Waals surface area contributed by atoms with Gasteiger partial charge in [-0.2, -0.15) is 0 Å². The van der Waals surface area contributed by atoms with Crippen LogP contribution in [0.1, 0.15) is 22.8 Å². The highest BCUT2D eigenvalue weighted by atomic mass is 19.1. The van der Waals surface area contributed by atoms with Gasteiger partial charge in [-0.15, -0.1) is 0 Å². The van der Waals surface area contributed by atoms with Crippen molar-refractivity contribution in [1.82, 2.24) is 4.98 Å². The third kappa shape index (κ3) is 2.17. The van der Waals surface area contributed by atoms with Gasteiger partial charge in [-0.25, -0.2) is 4.39 Å². The zero-order chi connectivity index (χ0) is 14.1. The molecule has 1 N–H and O–H groups in total. The van der Waals surface area contributed by atoms with Gasteiger partial charge in [0.05, 0.1) is 5.52 Å². The highest BCUT2D eigenvalue weighted by Crippen LogP contribution is 2.28. The van der Waals surface area contributed by atoms with E-state index in [9.17, 15) is 9.50 Å². The minimum Gasteiger partial charge on any atom is -0.384 e. The van der Waals surface area contributed by atoms with Crippen molar-refractivity contribution in [3.05, 3.63) is 77.2 Å². The fourth-order valence-corrected chi connectivity index (χ4v) is 2.31. The van der Waals surface area contributed by atoms with Crippen molar-refractivity contribution in [1.29, 1.82) is 0 Å². The summed E-state index contributed by atoms with van der Waals surface area (Å²) in [5.41, 5.74) is 2.53. The minimum absolute atomic E-state index is 0.310. The van der Waals surface area contributed by atoms with Gasteiger partial charge in [-0.05, 0) is 30.2 Å². The second kappa shape index (κ2) is 5.02. The van der Waals surface area contributed by atoms with Crippen molar-refractivity contribution < 1.29 is 9.50 Å².